The number of benzene rings is 2. The van der Waals surface area contributed by atoms with Gasteiger partial charge in [-0.15, -0.1) is 0 Å². The van der Waals surface area contributed by atoms with Gasteiger partial charge < -0.3 is 11.5 Å². The van der Waals surface area contributed by atoms with Crippen LogP contribution >= 0.6 is 0 Å². The normalized spacial score (nSPS) is 10.4. The molecule has 108 valence electrons. The number of nitrogens with two attached hydrogens (primary N) is 2. The number of rotatable bonds is 2. The summed E-state index contributed by atoms with van der Waals surface area (Å²) in [6, 6.07) is 15.1. The Hall–Kier alpha value is -3.21. The zero-order valence-electron chi connectivity index (χ0n) is 11.7. The van der Waals surface area contributed by atoms with E-state index >= 15 is 0 Å². The molecule has 0 fully saturated rings. The van der Waals surface area contributed by atoms with Crippen molar-refractivity contribution < 1.29 is 4.79 Å². The third kappa shape index (κ3) is 2.64. The van der Waals surface area contributed by atoms with Gasteiger partial charge in [0.15, 0.2) is 5.96 Å². The molecule has 0 aliphatic carbocycles. The van der Waals surface area contributed by atoms with Crippen LogP contribution in [0, 0.1) is 0 Å². The molecule has 0 saturated carbocycles. The van der Waals surface area contributed by atoms with Crippen molar-refractivity contribution in [1.29, 1.82) is 0 Å². The van der Waals surface area contributed by atoms with E-state index in [1.54, 1.807) is 18.3 Å². The summed E-state index contributed by atoms with van der Waals surface area (Å²) in [6.07, 6.45) is 3.56. The zero-order chi connectivity index (χ0) is 15.5. The number of pyridine rings is 1. The Morgan fingerprint density at radius 2 is 1.86 bits per heavy atom. The van der Waals surface area contributed by atoms with E-state index in [0.29, 0.717) is 5.56 Å². The van der Waals surface area contributed by atoms with Crippen LogP contribution in [-0.2, 0) is 0 Å². The van der Waals surface area contributed by atoms with Crippen molar-refractivity contribution in [2.45, 2.75) is 0 Å². The maximum absolute atomic E-state index is 11.9. The van der Waals surface area contributed by atoms with Gasteiger partial charge in [0.2, 0.25) is 0 Å². The molecule has 0 bridgehead atoms. The van der Waals surface area contributed by atoms with Gasteiger partial charge in [-0.1, -0.05) is 30.3 Å². The molecule has 22 heavy (non-hydrogen) atoms. The topological polar surface area (TPSA) is 94.4 Å². The first-order valence-corrected chi connectivity index (χ1v) is 6.72. The molecule has 4 N–H and O–H groups in total. The summed E-state index contributed by atoms with van der Waals surface area (Å²) in [6.45, 7) is 0. The summed E-state index contributed by atoms with van der Waals surface area (Å²) < 4.78 is 0. The van der Waals surface area contributed by atoms with Gasteiger partial charge in [0.25, 0.3) is 5.91 Å². The molecule has 0 aliphatic rings. The quantitative estimate of drug-likeness (QED) is 0.559. The number of guanidine groups is 1. The molecule has 5 heteroatoms. The largest absolute Gasteiger partial charge is 0.370 e. The van der Waals surface area contributed by atoms with Crippen molar-refractivity contribution in [2.24, 2.45) is 16.5 Å². The first-order chi connectivity index (χ1) is 10.6. The Balaban J connectivity index is 2.12. The van der Waals surface area contributed by atoms with Crippen molar-refractivity contribution in [3.63, 3.8) is 0 Å². The molecule has 0 unspecified atom stereocenters. The number of nitrogens with zero attached hydrogens (tertiary/aromatic N) is 2. The van der Waals surface area contributed by atoms with Gasteiger partial charge in [-0.3, -0.25) is 9.78 Å². The molecule has 1 amide bonds. The molecular formula is C17H14N4O. The van der Waals surface area contributed by atoms with E-state index in [-0.39, 0.29) is 5.96 Å². The van der Waals surface area contributed by atoms with Crippen LogP contribution in [0.15, 0.2) is 65.9 Å². The SMILES string of the molecule is NC(N)=NC(=O)c1cccc(-c2cccc3cnccc23)c1. The minimum absolute atomic E-state index is 0.244. The molecule has 0 radical (unpaired) electrons. The Labute approximate surface area is 127 Å². The summed E-state index contributed by atoms with van der Waals surface area (Å²) in [5.74, 6) is -0.699. The smallest absolute Gasteiger partial charge is 0.280 e. The minimum atomic E-state index is -0.455. The lowest BCUT2D eigenvalue weighted by atomic mass is 9.98. The van der Waals surface area contributed by atoms with Crippen LogP contribution < -0.4 is 11.5 Å². The standard InChI is InChI=1S/C17H14N4O/c18-17(19)21-16(22)12-4-1-3-11(9-12)14-6-2-5-13-10-20-8-7-15(13)14/h1-10H,(H4,18,19,21,22). The number of aromatic nitrogens is 1. The van der Waals surface area contributed by atoms with Gasteiger partial charge in [-0.2, -0.15) is 4.99 Å². The Kier molecular flexibility index (Phi) is 3.53. The Morgan fingerprint density at radius 3 is 2.68 bits per heavy atom. The van der Waals surface area contributed by atoms with Gasteiger partial charge in [-0.05, 0) is 34.7 Å². The lowest BCUT2D eigenvalue weighted by molar-refractivity contribution is 0.100. The highest BCUT2D eigenvalue weighted by Gasteiger charge is 2.08. The highest BCUT2D eigenvalue weighted by molar-refractivity contribution is 6.03. The number of carbonyl (C=O) groups excluding carboxylic acids is 1. The van der Waals surface area contributed by atoms with E-state index in [1.165, 1.54) is 0 Å². The summed E-state index contributed by atoms with van der Waals surface area (Å²) >= 11 is 0. The number of hydrogen-bond donors (Lipinski definition) is 2. The molecule has 2 aromatic carbocycles. The van der Waals surface area contributed by atoms with Gasteiger partial charge in [-0.25, -0.2) is 0 Å². The second-order valence-electron chi connectivity index (χ2n) is 4.83. The third-order valence-corrected chi connectivity index (χ3v) is 3.33. The molecular weight excluding hydrogens is 276 g/mol. The Morgan fingerprint density at radius 1 is 1.05 bits per heavy atom. The van der Waals surface area contributed by atoms with E-state index in [2.05, 4.69) is 9.98 Å². The molecule has 0 aliphatic heterocycles. The first-order valence-electron chi connectivity index (χ1n) is 6.72. The maximum Gasteiger partial charge on any atom is 0.280 e. The molecule has 1 heterocycles. The maximum atomic E-state index is 11.9. The summed E-state index contributed by atoms with van der Waals surface area (Å²) in [7, 11) is 0. The average Bonchev–Trinajstić information content (AvgIpc) is 2.54. The highest BCUT2D eigenvalue weighted by atomic mass is 16.1. The highest BCUT2D eigenvalue weighted by Crippen LogP contribution is 2.28. The molecule has 3 rings (SSSR count). The monoisotopic (exact) mass is 290 g/mol. The fourth-order valence-electron chi connectivity index (χ4n) is 2.38. The lowest BCUT2D eigenvalue weighted by Crippen LogP contribution is -2.24. The minimum Gasteiger partial charge on any atom is -0.370 e. The lowest BCUT2D eigenvalue weighted by Gasteiger charge is -2.07. The Bertz CT molecular complexity index is 877. The third-order valence-electron chi connectivity index (χ3n) is 3.33. The van der Waals surface area contributed by atoms with E-state index in [1.807, 2.05) is 42.6 Å². The number of carbonyl (C=O) groups is 1. The molecule has 0 saturated heterocycles. The summed E-state index contributed by atoms with van der Waals surface area (Å²) in [4.78, 5) is 19.6. The number of hydrogen-bond acceptors (Lipinski definition) is 2. The van der Waals surface area contributed by atoms with Crippen LogP contribution in [0.2, 0.25) is 0 Å². The van der Waals surface area contributed by atoms with Gasteiger partial charge in [0.05, 0.1) is 0 Å². The van der Waals surface area contributed by atoms with Crippen LogP contribution in [0.4, 0.5) is 0 Å². The van der Waals surface area contributed by atoms with Crippen LogP contribution in [0.25, 0.3) is 21.9 Å². The number of amides is 1. The van der Waals surface area contributed by atoms with Crippen LogP contribution in [-0.4, -0.2) is 16.9 Å². The van der Waals surface area contributed by atoms with Gasteiger partial charge >= 0.3 is 0 Å². The zero-order valence-corrected chi connectivity index (χ0v) is 11.7. The predicted molar refractivity (Wildman–Crippen MR) is 87.3 cm³/mol. The van der Waals surface area contributed by atoms with E-state index in [4.69, 9.17) is 11.5 Å². The number of fused-ring (bicyclic) bond motifs is 1. The molecule has 0 spiro atoms. The molecule has 5 nitrogen and oxygen atoms in total. The average molecular weight is 290 g/mol. The van der Waals surface area contributed by atoms with Crippen molar-refractivity contribution in [3.8, 4) is 11.1 Å². The predicted octanol–water partition coefficient (Wildman–Crippen LogP) is 2.32. The van der Waals surface area contributed by atoms with E-state index < -0.39 is 5.91 Å². The fourth-order valence-corrected chi connectivity index (χ4v) is 2.38. The van der Waals surface area contributed by atoms with Crippen LogP contribution in [0.3, 0.4) is 0 Å². The van der Waals surface area contributed by atoms with E-state index in [0.717, 1.165) is 21.9 Å². The summed E-state index contributed by atoms with van der Waals surface area (Å²) in [5.41, 5.74) is 12.9. The second-order valence-corrected chi connectivity index (χ2v) is 4.83. The fraction of sp³-hybridized carbons (Fsp3) is 0. The van der Waals surface area contributed by atoms with Crippen LogP contribution in [0.1, 0.15) is 10.4 Å². The molecule has 0 atom stereocenters. The van der Waals surface area contributed by atoms with Crippen molar-refractivity contribution in [1.82, 2.24) is 4.98 Å². The van der Waals surface area contributed by atoms with E-state index in [9.17, 15) is 4.79 Å². The van der Waals surface area contributed by atoms with Gasteiger partial charge in [0.1, 0.15) is 0 Å². The summed E-state index contributed by atoms with van der Waals surface area (Å²) in [5, 5.41) is 2.12. The number of aliphatic imine (C=N–C) groups is 1. The van der Waals surface area contributed by atoms with Crippen LogP contribution in [0.5, 0.6) is 0 Å². The second kappa shape index (κ2) is 5.65. The molecule has 1 aromatic heterocycles. The van der Waals surface area contributed by atoms with Crippen molar-refractivity contribution in [2.75, 3.05) is 0 Å². The van der Waals surface area contributed by atoms with Crippen molar-refractivity contribution >= 4 is 22.6 Å². The van der Waals surface area contributed by atoms with Crippen molar-refractivity contribution in [3.05, 3.63) is 66.5 Å². The molecule has 3 aromatic rings. The first kappa shape index (κ1) is 13.8. The van der Waals surface area contributed by atoms with Gasteiger partial charge in [0, 0.05) is 23.3 Å².